The van der Waals surface area contributed by atoms with Crippen molar-refractivity contribution in [1.82, 2.24) is 9.55 Å². The van der Waals surface area contributed by atoms with E-state index in [9.17, 15) is 53.7 Å². The number of phosphoric ester groups is 3. The van der Waals surface area contributed by atoms with Crippen LogP contribution in [-0.4, -0.2) is 112 Å². The van der Waals surface area contributed by atoms with Gasteiger partial charge in [0.25, 0.3) is 0 Å². The number of aliphatic imine (C=N–C) groups is 1. The van der Waals surface area contributed by atoms with Crippen LogP contribution in [0.2, 0.25) is 0 Å². The third kappa shape index (κ3) is 7.21. The largest absolute Gasteiger partial charge is 0.481 e. The fourth-order valence-corrected chi connectivity index (χ4v) is 6.55. The quantitative estimate of drug-likeness (QED) is 0.106. The molecule has 0 amide bonds. The van der Waals surface area contributed by atoms with Crippen molar-refractivity contribution in [2.24, 2.45) is 10.7 Å². The maximum Gasteiger partial charge on any atom is 0.481 e. The number of aliphatic hydroxyl groups is 4. The average molecular weight is 641 g/mol. The molecule has 11 unspecified atom stereocenters. The Hall–Kier alpha value is -1.23. The van der Waals surface area contributed by atoms with Crippen LogP contribution in [0.5, 0.6) is 0 Å². The molecule has 0 aliphatic carbocycles. The maximum absolute atomic E-state index is 12.3. The number of rotatable bonds is 11. The van der Waals surface area contributed by atoms with E-state index in [0.717, 1.165) is 6.33 Å². The number of fused-ring (bicyclic) bond motifs is 1. The molecule has 0 aromatic carbocycles. The molecule has 1 aromatic heterocycles. The highest BCUT2D eigenvalue weighted by atomic mass is 31.3. The van der Waals surface area contributed by atoms with Crippen molar-refractivity contribution in [1.29, 1.82) is 0 Å². The molecule has 22 nitrogen and oxygen atoms in total. The molecule has 0 spiro atoms. The molecule has 3 aliphatic heterocycles. The van der Waals surface area contributed by atoms with E-state index in [1.165, 1.54) is 10.9 Å². The molecule has 4 rings (SSSR count). The van der Waals surface area contributed by atoms with Crippen LogP contribution in [0.3, 0.4) is 0 Å². The highest BCUT2D eigenvalue weighted by Gasteiger charge is 2.51. The first-order valence-electron chi connectivity index (χ1n) is 11.0. The lowest BCUT2D eigenvalue weighted by Gasteiger charge is -2.24. The molecule has 228 valence electrons. The Morgan fingerprint density at radius 3 is 2.10 bits per heavy atom. The van der Waals surface area contributed by atoms with E-state index in [0.29, 0.717) is 0 Å². The van der Waals surface area contributed by atoms with Crippen LogP contribution in [0.1, 0.15) is 18.1 Å². The summed E-state index contributed by atoms with van der Waals surface area (Å²) in [5.41, 5.74) is 6.03. The molecule has 3 aliphatic rings. The minimum Gasteiger partial charge on any atom is -0.387 e. The van der Waals surface area contributed by atoms with E-state index in [2.05, 4.69) is 33.2 Å². The smallest absolute Gasteiger partial charge is 0.387 e. The van der Waals surface area contributed by atoms with Gasteiger partial charge in [-0.3, -0.25) is 23.1 Å². The molecule has 11 atom stereocenters. The predicted molar refractivity (Wildman–Crippen MR) is 124 cm³/mol. The van der Waals surface area contributed by atoms with Gasteiger partial charge in [-0.05, 0) is 0 Å². The van der Waals surface area contributed by atoms with Gasteiger partial charge in [0.1, 0.15) is 54.3 Å². The Morgan fingerprint density at radius 2 is 1.55 bits per heavy atom. The molecule has 2 fully saturated rings. The van der Waals surface area contributed by atoms with Gasteiger partial charge in [0.05, 0.1) is 25.9 Å². The fraction of sp³-hybridized carbons (Fsp3) is 0.733. The van der Waals surface area contributed by atoms with Crippen molar-refractivity contribution in [3.05, 3.63) is 12.0 Å². The van der Waals surface area contributed by atoms with Crippen molar-refractivity contribution >= 4 is 35.6 Å². The van der Waals surface area contributed by atoms with E-state index in [-0.39, 0.29) is 11.5 Å². The van der Waals surface area contributed by atoms with E-state index < -0.39 is 92.0 Å². The van der Waals surface area contributed by atoms with Crippen LogP contribution < -0.4 is 11.1 Å². The predicted octanol–water partition coefficient (Wildman–Crippen LogP) is -3.28. The molecule has 4 heterocycles. The number of ether oxygens (including phenoxy) is 2. The van der Waals surface area contributed by atoms with Gasteiger partial charge in [-0.2, -0.15) is 4.31 Å². The zero-order valence-electron chi connectivity index (χ0n) is 19.8. The zero-order valence-corrected chi connectivity index (χ0v) is 22.5. The molecule has 1 aromatic rings. The van der Waals surface area contributed by atoms with Gasteiger partial charge in [-0.25, -0.2) is 18.7 Å². The lowest BCUT2D eigenvalue weighted by Crippen LogP contribution is -2.35. The number of hydrogen-bond donors (Lipinski definition) is 10. The summed E-state index contributed by atoms with van der Waals surface area (Å²) in [5, 5.41) is 41.8. The summed E-state index contributed by atoms with van der Waals surface area (Å²) < 4.78 is 65.3. The fourth-order valence-electron chi connectivity index (χ4n) is 3.91. The number of hydrogen-bond acceptors (Lipinski definition) is 17. The highest BCUT2D eigenvalue weighted by molar-refractivity contribution is 7.61. The zero-order chi connectivity index (χ0) is 29.6. The van der Waals surface area contributed by atoms with E-state index in [4.69, 9.17) is 15.2 Å². The summed E-state index contributed by atoms with van der Waals surface area (Å²) in [5.74, 6) is 0.173. The first kappa shape index (κ1) is 31.7. The first-order valence-corrected chi connectivity index (χ1v) is 15.5. The normalized spacial score (nSPS) is 37.1. The monoisotopic (exact) mass is 641 g/mol. The maximum atomic E-state index is 12.3. The van der Waals surface area contributed by atoms with Gasteiger partial charge in [0.15, 0.2) is 12.5 Å². The number of nitrogens with zero attached hydrogens (tertiary/aromatic N) is 3. The van der Waals surface area contributed by atoms with Crippen molar-refractivity contribution in [2.75, 3.05) is 18.5 Å². The summed E-state index contributed by atoms with van der Waals surface area (Å²) in [4.78, 5) is 46.2. The number of nitrogens with one attached hydrogen (secondary N) is 1. The van der Waals surface area contributed by atoms with Crippen molar-refractivity contribution in [3.63, 3.8) is 0 Å². The molecule has 25 heteroatoms. The van der Waals surface area contributed by atoms with Gasteiger partial charge in [-0.15, -0.1) is 0 Å². The summed E-state index contributed by atoms with van der Waals surface area (Å²) in [6.07, 6.45) is -12.1. The van der Waals surface area contributed by atoms with Crippen LogP contribution in [0, 0.1) is 0 Å². The average Bonchev–Trinajstić information content (AvgIpc) is 3.47. The Morgan fingerprint density at radius 1 is 0.950 bits per heavy atom. The highest BCUT2D eigenvalue weighted by Crippen LogP contribution is 2.61. The summed E-state index contributed by atoms with van der Waals surface area (Å²) in [7, 11) is -16.1. The van der Waals surface area contributed by atoms with Crippen LogP contribution >= 0.6 is 23.5 Å². The third-order valence-corrected chi connectivity index (χ3v) is 8.85. The molecular weight excluding hydrogens is 615 g/mol. The number of nitrogens with two attached hydrogens (primary N) is 1. The van der Waals surface area contributed by atoms with Gasteiger partial charge in [0, 0.05) is 0 Å². The molecule has 2 saturated heterocycles. The van der Waals surface area contributed by atoms with Crippen LogP contribution in [-0.2, 0) is 41.1 Å². The second-order valence-electron chi connectivity index (χ2n) is 8.53. The minimum absolute atomic E-state index is 0.173. The van der Waals surface area contributed by atoms with E-state index in [1.54, 1.807) is 0 Å². The van der Waals surface area contributed by atoms with Gasteiger partial charge in [-0.1, -0.05) is 0 Å². The minimum atomic E-state index is -5.45. The van der Waals surface area contributed by atoms with E-state index >= 15 is 0 Å². The Labute approximate surface area is 223 Å². The number of imidazole rings is 1. The second-order valence-corrected chi connectivity index (χ2v) is 12.8. The first-order chi connectivity index (χ1) is 18.5. The lowest BCUT2D eigenvalue weighted by molar-refractivity contribution is -0.132. The van der Waals surface area contributed by atoms with Gasteiger partial charge >= 0.3 is 23.5 Å². The molecule has 11 N–H and O–H groups in total. The summed E-state index contributed by atoms with van der Waals surface area (Å²) >= 11 is 0. The molecule has 0 radical (unpaired) electrons. The Bertz CT molecular complexity index is 1240. The lowest BCUT2D eigenvalue weighted by atomic mass is 10.1. The third-order valence-electron chi connectivity index (χ3n) is 5.73. The summed E-state index contributed by atoms with van der Waals surface area (Å²) in [6, 6.07) is 0. The number of aromatic nitrogens is 2. The van der Waals surface area contributed by atoms with Crippen molar-refractivity contribution in [3.8, 4) is 0 Å². The second kappa shape index (κ2) is 11.8. The van der Waals surface area contributed by atoms with Crippen molar-refractivity contribution < 1.29 is 81.1 Å². The van der Waals surface area contributed by atoms with Crippen molar-refractivity contribution in [2.45, 2.75) is 55.3 Å². The van der Waals surface area contributed by atoms with Crippen LogP contribution in [0.4, 0.5) is 5.82 Å². The topological polar surface area (TPSA) is 337 Å². The SMILES string of the molecule is NC1N=CNc2c1ncn2C1OC(COP(=O)(O)OP(=O)(O)OCC2OC(O)C(O)C2O)C(O)C1OP(=O)(O)O. The molecule has 0 saturated carbocycles. The van der Waals surface area contributed by atoms with E-state index in [1.807, 2.05) is 0 Å². The number of phosphoric acid groups is 3. The van der Waals surface area contributed by atoms with Crippen LogP contribution in [0.15, 0.2) is 11.3 Å². The van der Waals surface area contributed by atoms with Gasteiger partial charge in [0.2, 0.25) is 0 Å². The number of aliphatic hydroxyl groups excluding tert-OH is 4. The standard InChI is InChI=1S/C15H26N5O17P3/c16-12-7-13(18-3-17-12)20(4-19-7)14-11(36-38(25,26)27)9(22)6(34-14)2-33-40(30,31)37-39(28,29)32-1-5-8(21)10(23)15(24)35-5/h3-6,8-12,14-15,21-24H,1-2,16H2,(H,17,18)(H,28,29)(H,30,31)(H2,25,26,27). The summed E-state index contributed by atoms with van der Waals surface area (Å²) in [6.45, 7) is -2.01. The molecule has 40 heavy (non-hydrogen) atoms. The Kier molecular flexibility index (Phi) is 9.36. The van der Waals surface area contributed by atoms with Gasteiger partial charge < -0.3 is 60.5 Å². The van der Waals surface area contributed by atoms with Crippen LogP contribution in [0.25, 0.3) is 0 Å². The Balaban J connectivity index is 1.41. The molecular formula is C15H26N5O17P3. The molecule has 0 bridgehead atoms. The number of anilines is 1.